The predicted molar refractivity (Wildman–Crippen MR) is 123 cm³/mol. The molecule has 0 saturated carbocycles. The Morgan fingerprint density at radius 3 is 2.33 bits per heavy atom. The van der Waals surface area contributed by atoms with Gasteiger partial charge in [-0.3, -0.25) is 14.4 Å². The van der Waals surface area contributed by atoms with Gasteiger partial charge in [0.2, 0.25) is 0 Å². The van der Waals surface area contributed by atoms with Gasteiger partial charge in [-0.2, -0.15) is 0 Å². The van der Waals surface area contributed by atoms with E-state index < -0.39 is 0 Å². The lowest BCUT2D eigenvalue weighted by Gasteiger charge is -2.31. The number of hydrogen-bond donors (Lipinski definition) is 0. The highest BCUT2D eigenvalue weighted by Crippen LogP contribution is 2.33. The Labute approximate surface area is 197 Å². The van der Waals surface area contributed by atoms with Crippen molar-refractivity contribution in [3.63, 3.8) is 0 Å². The van der Waals surface area contributed by atoms with Crippen molar-refractivity contribution in [3.8, 4) is 11.5 Å². The minimum Gasteiger partial charge on any atom is -0.493 e. The SMILES string of the molecule is COc1cc2c(cc1OC)CN(C(=O)COC(=O)C1CCN(C(=O)c3cccs3)CC1)CC2. The van der Waals surface area contributed by atoms with Gasteiger partial charge in [-0.1, -0.05) is 6.07 Å². The molecule has 1 fully saturated rings. The van der Waals surface area contributed by atoms with E-state index >= 15 is 0 Å². The maximum absolute atomic E-state index is 12.7. The van der Waals surface area contributed by atoms with Crippen LogP contribution in [-0.4, -0.2) is 68.0 Å². The molecule has 0 unspecified atom stereocenters. The number of ether oxygens (including phenoxy) is 3. The topological polar surface area (TPSA) is 85.4 Å². The number of likely N-dealkylation sites (tertiary alicyclic amines) is 1. The Hall–Kier alpha value is -3.07. The zero-order chi connectivity index (χ0) is 23.4. The fourth-order valence-corrected chi connectivity index (χ4v) is 5.00. The molecule has 2 aliphatic rings. The molecule has 1 aromatic carbocycles. The number of amides is 2. The number of benzene rings is 1. The van der Waals surface area contributed by atoms with Crippen LogP contribution in [0, 0.1) is 5.92 Å². The molecule has 8 nitrogen and oxygen atoms in total. The lowest BCUT2D eigenvalue weighted by atomic mass is 9.97. The van der Waals surface area contributed by atoms with E-state index in [1.165, 1.54) is 11.3 Å². The Morgan fingerprint density at radius 2 is 1.70 bits per heavy atom. The van der Waals surface area contributed by atoms with Crippen molar-refractivity contribution in [2.45, 2.75) is 25.8 Å². The minimum atomic E-state index is -0.365. The van der Waals surface area contributed by atoms with E-state index in [1.807, 2.05) is 29.6 Å². The first-order chi connectivity index (χ1) is 16.0. The summed E-state index contributed by atoms with van der Waals surface area (Å²) in [5, 5.41) is 1.88. The van der Waals surface area contributed by atoms with Crippen molar-refractivity contribution in [3.05, 3.63) is 45.6 Å². The molecule has 1 saturated heterocycles. The second-order valence-electron chi connectivity index (χ2n) is 8.19. The van der Waals surface area contributed by atoms with Gasteiger partial charge in [-0.25, -0.2) is 0 Å². The van der Waals surface area contributed by atoms with Crippen LogP contribution in [0.3, 0.4) is 0 Å². The Balaban J connectivity index is 1.26. The van der Waals surface area contributed by atoms with Crippen molar-refractivity contribution in [1.82, 2.24) is 9.80 Å². The molecule has 0 atom stereocenters. The van der Waals surface area contributed by atoms with Crippen LogP contribution in [0.15, 0.2) is 29.6 Å². The number of carbonyl (C=O) groups is 3. The fourth-order valence-electron chi connectivity index (χ4n) is 4.31. The lowest BCUT2D eigenvalue weighted by molar-refractivity contribution is -0.157. The molecule has 0 aliphatic carbocycles. The number of carbonyl (C=O) groups excluding carboxylic acids is 3. The second kappa shape index (κ2) is 10.2. The standard InChI is InChI=1S/C24H28N2O6S/c1-30-19-12-17-7-10-26(14-18(17)13-20(19)31-2)22(27)15-32-24(29)16-5-8-25(9-6-16)23(28)21-4-3-11-33-21/h3-4,11-13,16H,5-10,14-15H2,1-2H3. The van der Waals surface area contributed by atoms with Crippen LogP contribution in [0.5, 0.6) is 11.5 Å². The molecular formula is C24H28N2O6S. The maximum Gasteiger partial charge on any atom is 0.309 e. The number of esters is 1. The summed E-state index contributed by atoms with van der Waals surface area (Å²) < 4.78 is 16.1. The second-order valence-corrected chi connectivity index (χ2v) is 9.14. The Morgan fingerprint density at radius 1 is 1.00 bits per heavy atom. The summed E-state index contributed by atoms with van der Waals surface area (Å²) in [6.07, 6.45) is 1.79. The summed E-state index contributed by atoms with van der Waals surface area (Å²) in [6.45, 7) is 1.75. The van der Waals surface area contributed by atoms with Crippen LogP contribution in [0.25, 0.3) is 0 Å². The number of rotatable bonds is 6. The van der Waals surface area contributed by atoms with Gasteiger partial charge in [0.1, 0.15) is 0 Å². The molecule has 0 N–H and O–H groups in total. The van der Waals surface area contributed by atoms with Gasteiger partial charge in [0.05, 0.1) is 25.0 Å². The quantitative estimate of drug-likeness (QED) is 0.601. The van der Waals surface area contributed by atoms with E-state index in [0.29, 0.717) is 61.8 Å². The van der Waals surface area contributed by atoms with E-state index in [1.54, 1.807) is 24.0 Å². The smallest absolute Gasteiger partial charge is 0.309 e. The molecule has 0 bridgehead atoms. The van der Waals surface area contributed by atoms with Gasteiger partial charge in [0.15, 0.2) is 18.1 Å². The van der Waals surface area contributed by atoms with Crippen LogP contribution in [0.1, 0.15) is 33.6 Å². The van der Waals surface area contributed by atoms with Crippen molar-refractivity contribution in [1.29, 1.82) is 0 Å². The first-order valence-electron chi connectivity index (χ1n) is 11.0. The molecule has 1 aromatic heterocycles. The van der Waals surface area contributed by atoms with Crippen molar-refractivity contribution >= 4 is 29.1 Å². The molecule has 2 aromatic rings. The van der Waals surface area contributed by atoms with Crippen molar-refractivity contribution in [2.24, 2.45) is 5.92 Å². The molecule has 2 amide bonds. The summed E-state index contributed by atoms with van der Waals surface area (Å²) in [5.41, 5.74) is 2.12. The third-order valence-corrected chi connectivity index (χ3v) is 7.11. The van der Waals surface area contributed by atoms with E-state index in [4.69, 9.17) is 14.2 Å². The molecule has 176 valence electrons. The zero-order valence-electron chi connectivity index (χ0n) is 18.9. The highest BCUT2D eigenvalue weighted by atomic mass is 32.1. The lowest BCUT2D eigenvalue weighted by Crippen LogP contribution is -2.42. The van der Waals surface area contributed by atoms with Gasteiger partial charge in [0, 0.05) is 26.2 Å². The monoisotopic (exact) mass is 472 g/mol. The number of hydrogen-bond acceptors (Lipinski definition) is 7. The summed E-state index contributed by atoms with van der Waals surface area (Å²) >= 11 is 1.42. The van der Waals surface area contributed by atoms with Gasteiger partial charge in [-0.05, 0) is 54.0 Å². The summed E-state index contributed by atoms with van der Waals surface area (Å²) in [7, 11) is 3.18. The number of piperidine rings is 1. The minimum absolute atomic E-state index is 0.00613. The highest BCUT2D eigenvalue weighted by Gasteiger charge is 2.30. The first-order valence-corrected chi connectivity index (χ1v) is 11.9. The molecule has 4 rings (SSSR count). The van der Waals surface area contributed by atoms with Crippen LogP contribution < -0.4 is 9.47 Å². The Bertz CT molecular complexity index is 1010. The molecule has 0 radical (unpaired) electrons. The maximum atomic E-state index is 12.7. The number of nitrogens with zero attached hydrogens (tertiary/aromatic N) is 2. The van der Waals surface area contributed by atoms with Gasteiger partial charge >= 0.3 is 5.97 Å². The third-order valence-electron chi connectivity index (χ3n) is 6.26. The van der Waals surface area contributed by atoms with Crippen LogP contribution >= 0.6 is 11.3 Å². The van der Waals surface area contributed by atoms with Crippen molar-refractivity contribution in [2.75, 3.05) is 40.5 Å². The summed E-state index contributed by atoms with van der Waals surface area (Å²) in [6, 6.07) is 7.51. The fraction of sp³-hybridized carbons (Fsp3) is 0.458. The number of thiophene rings is 1. The number of fused-ring (bicyclic) bond motifs is 1. The summed E-state index contributed by atoms with van der Waals surface area (Å²) in [4.78, 5) is 41.8. The van der Waals surface area contributed by atoms with Gasteiger partial charge in [-0.15, -0.1) is 11.3 Å². The van der Waals surface area contributed by atoms with Crippen molar-refractivity contribution < 1.29 is 28.6 Å². The molecule has 0 spiro atoms. The number of methoxy groups -OCH3 is 2. The van der Waals surface area contributed by atoms with Gasteiger partial charge < -0.3 is 24.0 Å². The molecule has 2 aliphatic heterocycles. The zero-order valence-corrected chi connectivity index (χ0v) is 19.7. The van der Waals surface area contributed by atoms with Crippen LogP contribution in [0.4, 0.5) is 0 Å². The molecular weight excluding hydrogens is 444 g/mol. The first kappa shape index (κ1) is 23.1. The van der Waals surface area contributed by atoms with Crippen LogP contribution in [0.2, 0.25) is 0 Å². The predicted octanol–water partition coefficient (Wildman–Crippen LogP) is 2.75. The highest BCUT2D eigenvalue weighted by molar-refractivity contribution is 7.12. The van der Waals surface area contributed by atoms with Gasteiger partial charge in [0.25, 0.3) is 11.8 Å². The molecule has 3 heterocycles. The Kier molecular flexibility index (Phi) is 7.17. The largest absolute Gasteiger partial charge is 0.493 e. The van der Waals surface area contributed by atoms with E-state index in [0.717, 1.165) is 11.1 Å². The van der Waals surface area contributed by atoms with E-state index in [-0.39, 0.29) is 30.3 Å². The third kappa shape index (κ3) is 5.13. The molecule has 9 heteroatoms. The average molecular weight is 473 g/mol. The normalized spacial score (nSPS) is 16.2. The van der Waals surface area contributed by atoms with Crippen LogP contribution in [-0.2, 0) is 27.3 Å². The van der Waals surface area contributed by atoms with E-state index in [2.05, 4.69) is 0 Å². The van der Waals surface area contributed by atoms with E-state index in [9.17, 15) is 14.4 Å². The average Bonchev–Trinajstić information content (AvgIpc) is 3.40. The molecule has 33 heavy (non-hydrogen) atoms. The summed E-state index contributed by atoms with van der Waals surface area (Å²) in [5.74, 6) is 0.439.